The summed E-state index contributed by atoms with van der Waals surface area (Å²) in [6.45, 7) is 7.19. The fourth-order valence-corrected chi connectivity index (χ4v) is 4.15. The number of rotatable bonds is 6. The molecule has 0 saturated carbocycles. The van der Waals surface area contributed by atoms with Crippen LogP contribution < -0.4 is 5.32 Å². The average Bonchev–Trinajstić information content (AvgIpc) is 3.35. The van der Waals surface area contributed by atoms with Gasteiger partial charge in [-0.3, -0.25) is 14.6 Å². The van der Waals surface area contributed by atoms with Crippen LogP contribution in [0.1, 0.15) is 17.5 Å². The molecule has 27 heavy (non-hydrogen) atoms. The number of hydrogen-bond donors (Lipinski definition) is 1. The zero-order chi connectivity index (χ0) is 18.6. The van der Waals surface area contributed by atoms with Crippen LogP contribution in [0.5, 0.6) is 0 Å². The first-order valence-electron chi connectivity index (χ1n) is 9.38. The van der Waals surface area contributed by atoms with E-state index in [0.717, 1.165) is 44.1 Å². The minimum absolute atomic E-state index is 0.0951. The van der Waals surface area contributed by atoms with Crippen molar-refractivity contribution in [3.63, 3.8) is 0 Å². The lowest BCUT2D eigenvalue weighted by atomic mass is 10.2. The molecule has 1 aliphatic rings. The number of imidazole rings is 1. The molecule has 3 aromatic heterocycles. The zero-order valence-corrected chi connectivity index (χ0v) is 16.4. The Bertz CT molecular complexity index is 850. The first-order chi connectivity index (χ1) is 13.2. The van der Waals surface area contributed by atoms with Crippen LogP contribution in [0.2, 0.25) is 0 Å². The summed E-state index contributed by atoms with van der Waals surface area (Å²) in [5, 5.41) is 5.09. The maximum Gasteiger partial charge on any atom is 0.237 e. The predicted octanol–water partition coefficient (Wildman–Crippen LogP) is 2.22. The normalized spacial score (nSPS) is 17.2. The number of aromatic nitrogens is 2. The lowest BCUT2D eigenvalue weighted by Gasteiger charge is -2.37. The van der Waals surface area contributed by atoms with E-state index in [2.05, 4.69) is 30.7 Å². The van der Waals surface area contributed by atoms with Crippen molar-refractivity contribution in [2.45, 2.75) is 26.1 Å². The van der Waals surface area contributed by atoms with Crippen molar-refractivity contribution in [1.82, 2.24) is 24.5 Å². The molecule has 4 rings (SSSR count). The molecule has 1 aliphatic heterocycles. The van der Waals surface area contributed by atoms with Gasteiger partial charge in [0.05, 0.1) is 18.3 Å². The Balaban J connectivity index is 1.26. The van der Waals surface area contributed by atoms with Crippen molar-refractivity contribution in [1.29, 1.82) is 0 Å². The first-order valence-corrected chi connectivity index (χ1v) is 10.3. The molecular formula is C20H25N5OS. The zero-order valence-electron chi connectivity index (χ0n) is 15.5. The highest BCUT2D eigenvalue weighted by Gasteiger charge is 2.25. The Labute approximate surface area is 163 Å². The lowest BCUT2D eigenvalue weighted by molar-refractivity contribution is -0.126. The highest BCUT2D eigenvalue weighted by Crippen LogP contribution is 2.12. The van der Waals surface area contributed by atoms with Gasteiger partial charge in [0, 0.05) is 50.0 Å². The van der Waals surface area contributed by atoms with Gasteiger partial charge in [0.25, 0.3) is 0 Å². The Morgan fingerprint density at radius 1 is 1.22 bits per heavy atom. The van der Waals surface area contributed by atoms with Crippen molar-refractivity contribution in [2.24, 2.45) is 0 Å². The molecule has 1 fully saturated rings. The van der Waals surface area contributed by atoms with Gasteiger partial charge in [0.15, 0.2) is 0 Å². The molecule has 0 aromatic carbocycles. The standard InChI is InChI=1S/C20H25N5OS/c1-16(20(26)21-13-18-5-4-12-27-18)24-10-8-23(9-11-24)14-17-15-25-7-3-2-6-19(25)22-17/h2-7,12,15-16H,8-11,13-14H2,1H3,(H,21,26). The smallest absolute Gasteiger partial charge is 0.237 e. The predicted molar refractivity (Wildman–Crippen MR) is 108 cm³/mol. The van der Waals surface area contributed by atoms with Crippen LogP contribution >= 0.6 is 11.3 Å². The fourth-order valence-electron chi connectivity index (χ4n) is 3.50. The number of piperazine rings is 1. The molecule has 3 aromatic rings. The van der Waals surface area contributed by atoms with E-state index in [4.69, 9.17) is 0 Å². The topological polar surface area (TPSA) is 52.9 Å². The first kappa shape index (κ1) is 18.2. The van der Waals surface area contributed by atoms with Gasteiger partial charge in [-0.15, -0.1) is 11.3 Å². The maximum atomic E-state index is 12.4. The summed E-state index contributed by atoms with van der Waals surface area (Å²) in [6.07, 6.45) is 4.13. The second kappa shape index (κ2) is 8.21. The van der Waals surface area contributed by atoms with Crippen LogP contribution in [0.3, 0.4) is 0 Å². The van der Waals surface area contributed by atoms with Gasteiger partial charge in [-0.2, -0.15) is 0 Å². The van der Waals surface area contributed by atoms with Crippen LogP contribution in [0.4, 0.5) is 0 Å². The Kier molecular flexibility index (Phi) is 5.52. The summed E-state index contributed by atoms with van der Waals surface area (Å²) in [6, 6.07) is 10.0. The third-order valence-electron chi connectivity index (χ3n) is 5.15. The third-order valence-corrected chi connectivity index (χ3v) is 6.03. The quantitative estimate of drug-likeness (QED) is 0.709. The summed E-state index contributed by atoms with van der Waals surface area (Å²) >= 11 is 1.67. The third kappa shape index (κ3) is 4.37. The molecule has 1 N–H and O–H groups in total. The van der Waals surface area contributed by atoms with E-state index < -0.39 is 0 Å². The number of carbonyl (C=O) groups is 1. The number of hydrogen-bond acceptors (Lipinski definition) is 5. The van der Waals surface area contributed by atoms with Crippen LogP contribution in [0.15, 0.2) is 48.1 Å². The molecule has 0 spiro atoms. The molecule has 0 bridgehead atoms. The molecule has 7 heteroatoms. The second-order valence-electron chi connectivity index (χ2n) is 6.98. The number of thiophene rings is 1. The summed E-state index contributed by atoms with van der Waals surface area (Å²) in [5.41, 5.74) is 2.08. The van der Waals surface area contributed by atoms with E-state index in [-0.39, 0.29) is 11.9 Å². The fraction of sp³-hybridized carbons (Fsp3) is 0.400. The van der Waals surface area contributed by atoms with Gasteiger partial charge < -0.3 is 9.72 Å². The van der Waals surface area contributed by atoms with Crippen molar-refractivity contribution in [3.8, 4) is 0 Å². The summed E-state index contributed by atoms with van der Waals surface area (Å²) in [4.78, 5) is 23.0. The SMILES string of the molecule is CC(C(=O)NCc1cccs1)N1CCN(Cc2cn3ccccc3n2)CC1. The van der Waals surface area contributed by atoms with E-state index in [1.54, 1.807) is 11.3 Å². The molecule has 1 unspecified atom stereocenters. The average molecular weight is 384 g/mol. The Morgan fingerprint density at radius 2 is 2.07 bits per heavy atom. The van der Waals surface area contributed by atoms with Gasteiger partial charge >= 0.3 is 0 Å². The molecule has 0 aliphatic carbocycles. The van der Waals surface area contributed by atoms with Gasteiger partial charge in [-0.05, 0) is 30.5 Å². The Hall–Kier alpha value is -2.22. The van der Waals surface area contributed by atoms with E-state index >= 15 is 0 Å². The molecule has 1 saturated heterocycles. The molecule has 4 heterocycles. The van der Waals surface area contributed by atoms with Crippen LogP contribution in [0.25, 0.3) is 5.65 Å². The van der Waals surface area contributed by atoms with Gasteiger partial charge in [-0.25, -0.2) is 4.98 Å². The van der Waals surface area contributed by atoms with Gasteiger partial charge in [0.2, 0.25) is 5.91 Å². The van der Waals surface area contributed by atoms with Gasteiger partial charge in [0.1, 0.15) is 5.65 Å². The number of nitrogens with zero attached hydrogens (tertiary/aromatic N) is 4. The maximum absolute atomic E-state index is 12.4. The van der Waals surface area contributed by atoms with Crippen molar-refractivity contribution in [3.05, 3.63) is 58.7 Å². The van der Waals surface area contributed by atoms with E-state index in [0.29, 0.717) is 6.54 Å². The second-order valence-corrected chi connectivity index (χ2v) is 8.02. The van der Waals surface area contributed by atoms with Crippen molar-refractivity contribution >= 4 is 22.9 Å². The van der Waals surface area contributed by atoms with Crippen LogP contribution in [-0.4, -0.2) is 57.3 Å². The number of fused-ring (bicyclic) bond motifs is 1. The number of pyridine rings is 1. The number of nitrogens with one attached hydrogen (secondary N) is 1. The number of amides is 1. The summed E-state index contributed by atoms with van der Waals surface area (Å²) < 4.78 is 2.06. The highest BCUT2D eigenvalue weighted by molar-refractivity contribution is 7.09. The van der Waals surface area contributed by atoms with E-state index in [9.17, 15) is 4.79 Å². The Morgan fingerprint density at radius 3 is 2.81 bits per heavy atom. The largest absolute Gasteiger partial charge is 0.350 e. The highest BCUT2D eigenvalue weighted by atomic mass is 32.1. The van der Waals surface area contributed by atoms with Crippen LogP contribution in [0, 0.1) is 0 Å². The van der Waals surface area contributed by atoms with Gasteiger partial charge in [-0.1, -0.05) is 12.1 Å². The lowest BCUT2D eigenvalue weighted by Crippen LogP contribution is -2.53. The molecule has 1 atom stereocenters. The molecular weight excluding hydrogens is 358 g/mol. The van der Waals surface area contributed by atoms with Crippen molar-refractivity contribution < 1.29 is 4.79 Å². The van der Waals surface area contributed by atoms with E-state index in [1.807, 2.05) is 48.8 Å². The van der Waals surface area contributed by atoms with Crippen molar-refractivity contribution in [2.75, 3.05) is 26.2 Å². The molecule has 0 radical (unpaired) electrons. The minimum Gasteiger partial charge on any atom is -0.350 e. The minimum atomic E-state index is -0.0951. The molecule has 142 valence electrons. The molecule has 6 nitrogen and oxygen atoms in total. The summed E-state index contributed by atoms with van der Waals surface area (Å²) in [5.74, 6) is 0.109. The number of carbonyl (C=O) groups excluding carboxylic acids is 1. The molecule has 1 amide bonds. The van der Waals surface area contributed by atoms with E-state index in [1.165, 1.54) is 4.88 Å². The monoisotopic (exact) mass is 383 g/mol. The van der Waals surface area contributed by atoms with Crippen LogP contribution in [-0.2, 0) is 17.9 Å². The summed E-state index contributed by atoms with van der Waals surface area (Å²) in [7, 11) is 0.